The predicted octanol–water partition coefficient (Wildman–Crippen LogP) is 3.62. The number of benzene rings is 2. The summed E-state index contributed by atoms with van der Waals surface area (Å²) < 4.78 is 5.71. The van der Waals surface area contributed by atoms with E-state index in [0.29, 0.717) is 13.0 Å². The van der Waals surface area contributed by atoms with Crippen molar-refractivity contribution in [3.05, 3.63) is 58.7 Å². The molecule has 1 aliphatic heterocycles. The molecule has 3 rings (SSSR count). The molecule has 0 radical (unpaired) electrons. The number of fused-ring (bicyclic) bond motifs is 1. The lowest BCUT2D eigenvalue weighted by Crippen LogP contribution is -2.35. The van der Waals surface area contributed by atoms with Crippen molar-refractivity contribution < 1.29 is 14.3 Å². The lowest BCUT2D eigenvalue weighted by Gasteiger charge is -2.29. The van der Waals surface area contributed by atoms with E-state index in [0.717, 1.165) is 41.1 Å². The largest absolute Gasteiger partial charge is 0.483 e. The number of carbonyl (C=O) groups is 2. The Morgan fingerprint density at radius 1 is 1.11 bits per heavy atom. The second-order valence-corrected chi connectivity index (χ2v) is 6.96. The van der Waals surface area contributed by atoms with Crippen molar-refractivity contribution in [1.29, 1.82) is 0 Å². The van der Waals surface area contributed by atoms with E-state index in [-0.39, 0.29) is 18.4 Å². The summed E-state index contributed by atoms with van der Waals surface area (Å²) in [6.45, 7) is 7.13. The number of hydrogen-bond donors (Lipinski definition) is 1. The van der Waals surface area contributed by atoms with Crippen molar-refractivity contribution >= 4 is 17.5 Å². The Bertz CT molecular complexity index is 840. The quantitative estimate of drug-likeness (QED) is 0.879. The molecule has 0 atom stereocenters. The number of amides is 2. The molecule has 5 nitrogen and oxygen atoms in total. The molecule has 0 aromatic heterocycles. The molecule has 0 saturated heterocycles. The van der Waals surface area contributed by atoms with Crippen LogP contribution in [-0.4, -0.2) is 29.9 Å². The molecule has 0 spiro atoms. The van der Waals surface area contributed by atoms with Crippen LogP contribution >= 0.6 is 0 Å². The van der Waals surface area contributed by atoms with Crippen molar-refractivity contribution in [3.8, 4) is 5.75 Å². The SMILES string of the molecule is CCC(=O)N1CCc2ccc(NC(=O)COc3c(C)cccc3C)cc2C1. The Labute approximate surface area is 160 Å². The first kappa shape index (κ1) is 19.0. The van der Waals surface area contributed by atoms with Gasteiger partial charge in [0, 0.05) is 25.2 Å². The maximum Gasteiger partial charge on any atom is 0.262 e. The molecule has 1 aliphatic rings. The van der Waals surface area contributed by atoms with Gasteiger partial charge in [0.2, 0.25) is 5.91 Å². The summed E-state index contributed by atoms with van der Waals surface area (Å²) >= 11 is 0. The van der Waals surface area contributed by atoms with Gasteiger partial charge in [-0.3, -0.25) is 9.59 Å². The summed E-state index contributed by atoms with van der Waals surface area (Å²) in [4.78, 5) is 26.1. The van der Waals surface area contributed by atoms with Crippen LogP contribution in [0.15, 0.2) is 36.4 Å². The van der Waals surface area contributed by atoms with Crippen LogP contribution in [0.3, 0.4) is 0 Å². The smallest absolute Gasteiger partial charge is 0.262 e. The first-order valence-electron chi connectivity index (χ1n) is 9.36. The van der Waals surface area contributed by atoms with Crippen LogP contribution in [0, 0.1) is 13.8 Å². The highest BCUT2D eigenvalue weighted by Crippen LogP contribution is 2.24. The van der Waals surface area contributed by atoms with Crippen molar-refractivity contribution in [2.75, 3.05) is 18.5 Å². The average molecular weight is 366 g/mol. The fraction of sp³-hybridized carbons (Fsp3) is 0.364. The second kappa shape index (κ2) is 8.25. The van der Waals surface area contributed by atoms with Gasteiger partial charge in [0.15, 0.2) is 6.61 Å². The van der Waals surface area contributed by atoms with Gasteiger partial charge in [-0.15, -0.1) is 0 Å². The lowest BCUT2D eigenvalue weighted by molar-refractivity contribution is -0.131. The van der Waals surface area contributed by atoms with E-state index in [1.807, 2.05) is 62.1 Å². The molecule has 2 aromatic rings. The number of para-hydroxylation sites is 1. The molecule has 2 aromatic carbocycles. The predicted molar refractivity (Wildman–Crippen MR) is 106 cm³/mol. The normalized spacial score (nSPS) is 13.1. The molecule has 0 bridgehead atoms. The van der Waals surface area contributed by atoms with E-state index in [9.17, 15) is 9.59 Å². The number of carbonyl (C=O) groups excluding carboxylic acids is 2. The molecular weight excluding hydrogens is 340 g/mol. The summed E-state index contributed by atoms with van der Waals surface area (Å²) in [5, 5.41) is 2.89. The van der Waals surface area contributed by atoms with E-state index in [1.54, 1.807) is 0 Å². The van der Waals surface area contributed by atoms with Crippen LogP contribution in [0.4, 0.5) is 5.69 Å². The summed E-state index contributed by atoms with van der Waals surface area (Å²) in [6, 6.07) is 11.8. The van der Waals surface area contributed by atoms with Gasteiger partial charge < -0.3 is 15.0 Å². The molecule has 1 N–H and O–H groups in total. The van der Waals surface area contributed by atoms with Crippen LogP contribution in [0.5, 0.6) is 5.75 Å². The first-order chi connectivity index (χ1) is 13.0. The van der Waals surface area contributed by atoms with Crippen molar-refractivity contribution in [1.82, 2.24) is 4.90 Å². The zero-order chi connectivity index (χ0) is 19.4. The van der Waals surface area contributed by atoms with E-state index in [2.05, 4.69) is 5.32 Å². The van der Waals surface area contributed by atoms with Gasteiger partial charge in [-0.05, 0) is 54.7 Å². The number of nitrogens with zero attached hydrogens (tertiary/aromatic N) is 1. The van der Waals surface area contributed by atoms with Crippen molar-refractivity contribution in [2.45, 2.75) is 40.2 Å². The molecule has 5 heteroatoms. The monoisotopic (exact) mass is 366 g/mol. The Balaban J connectivity index is 1.63. The molecule has 1 heterocycles. The number of anilines is 1. The standard InChI is InChI=1S/C22H26N2O3/c1-4-21(26)24-11-10-17-8-9-19(12-18(17)13-24)23-20(25)14-27-22-15(2)6-5-7-16(22)3/h5-9,12H,4,10-11,13-14H2,1-3H3,(H,23,25). The van der Waals surface area contributed by atoms with Gasteiger partial charge in [0.25, 0.3) is 5.91 Å². The van der Waals surface area contributed by atoms with Gasteiger partial charge >= 0.3 is 0 Å². The van der Waals surface area contributed by atoms with Gasteiger partial charge in [0.1, 0.15) is 5.75 Å². The highest BCUT2D eigenvalue weighted by molar-refractivity contribution is 5.92. The average Bonchev–Trinajstić information content (AvgIpc) is 2.66. The second-order valence-electron chi connectivity index (χ2n) is 6.96. The van der Waals surface area contributed by atoms with Crippen molar-refractivity contribution in [2.24, 2.45) is 0 Å². The minimum absolute atomic E-state index is 0.0385. The first-order valence-corrected chi connectivity index (χ1v) is 9.36. The molecule has 2 amide bonds. The zero-order valence-corrected chi connectivity index (χ0v) is 16.2. The number of nitrogens with one attached hydrogen (secondary N) is 1. The zero-order valence-electron chi connectivity index (χ0n) is 16.2. The van der Waals surface area contributed by atoms with Crippen LogP contribution in [-0.2, 0) is 22.6 Å². The minimum atomic E-state index is -0.199. The highest BCUT2D eigenvalue weighted by Gasteiger charge is 2.20. The summed E-state index contributed by atoms with van der Waals surface area (Å²) in [5.74, 6) is 0.721. The summed E-state index contributed by atoms with van der Waals surface area (Å²) in [6.07, 6.45) is 1.37. The third-order valence-corrected chi connectivity index (χ3v) is 4.91. The fourth-order valence-corrected chi connectivity index (χ4v) is 3.43. The van der Waals surface area contributed by atoms with E-state index in [4.69, 9.17) is 4.74 Å². The van der Waals surface area contributed by atoms with Crippen LogP contribution in [0.25, 0.3) is 0 Å². The summed E-state index contributed by atoms with van der Waals surface area (Å²) in [7, 11) is 0. The number of aryl methyl sites for hydroxylation is 2. The maximum atomic E-state index is 12.3. The molecule has 0 unspecified atom stereocenters. The Hall–Kier alpha value is -2.82. The third-order valence-electron chi connectivity index (χ3n) is 4.91. The Morgan fingerprint density at radius 2 is 1.85 bits per heavy atom. The fourth-order valence-electron chi connectivity index (χ4n) is 3.43. The van der Waals surface area contributed by atoms with Crippen LogP contribution < -0.4 is 10.1 Å². The van der Waals surface area contributed by atoms with Gasteiger partial charge in [-0.1, -0.05) is 31.2 Å². The highest BCUT2D eigenvalue weighted by atomic mass is 16.5. The maximum absolute atomic E-state index is 12.3. The molecule has 142 valence electrons. The van der Waals surface area contributed by atoms with Gasteiger partial charge in [0.05, 0.1) is 0 Å². The lowest BCUT2D eigenvalue weighted by atomic mass is 9.99. The number of rotatable bonds is 5. The molecule has 0 aliphatic carbocycles. The Morgan fingerprint density at radius 3 is 2.56 bits per heavy atom. The molecule has 27 heavy (non-hydrogen) atoms. The van der Waals surface area contributed by atoms with E-state index in [1.165, 1.54) is 5.56 Å². The minimum Gasteiger partial charge on any atom is -0.483 e. The van der Waals surface area contributed by atoms with Gasteiger partial charge in [-0.25, -0.2) is 0 Å². The number of hydrogen-bond acceptors (Lipinski definition) is 3. The molecule has 0 saturated carbocycles. The van der Waals surface area contributed by atoms with Gasteiger partial charge in [-0.2, -0.15) is 0 Å². The molecule has 0 fully saturated rings. The summed E-state index contributed by atoms with van der Waals surface area (Å²) in [5.41, 5.74) is 5.08. The number of ether oxygens (including phenoxy) is 1. The van der Waals surface area contributed by atoms with E-state index < -0.39 is 0 Å². The van der Waals surface area contributed by atoms with Crippen molar-refractivity contribution in [3.63, 3.8) is 0 Å². The third kappa shape index (κ3) is 4.48. The van der Waals surface area contributed by atoms with Crippen LogP contribution in [0.2, 0.25) is 0 Å². The topological polar surface area (TPSA) is 58.6 Å². The Kier molecular flexibility index (Phi) is 5.79. The molecular formula is C22H26N2O3. The van der Waals surface area contributed by atoms with Crippen LogP contribution in [0.1, 0.15) is 35.6 Å². The van der Waals surface area contributed by atoms with E-state index >= 15 is 0 Å².